The second-order valence-corrected chi connectivity index (χ2v) is 6.66. The maximum atomic E-state index is 13.9. The number of pyridine rings is 2. The van der Waals surface area contributed by atoms with Crippen molar-refractivity contribution >= 4 is 22.7 Å². The number of benzene rings is 1. The molecule has 0 atom stereocenters. The van der Waals surface area contributed by atoms with Crippen LogP contribution in [0.1, 0.15) is 12.5 Å². The summed E-state index contributed by atoms with van der Waals surface area (Å²) in [5.41, 5.74) is 2.64. The average molecular weight is 365 g/mol. The van der Waals surface area contributed by atoms with E-state index in [0.29, 0.717) is 5.75 Å². The van der Waals surface area contributed by atoms with Crippen molar-refractivity contribution in [2.75, 3.05) is 0 Å². The molecule has 0 spiro atoms. The minimum Gasteiger partial charge on any atom is -0.302 e. The molecule has 0 fully saturated rings. The Morgan fingerprint density at radius 2 is 1.92 bits per heavy atom. The Balaban J connectivity index is 1.64. The molecule has 5 nitrogen and oxygen atoms in total. The first kappa shape index (κ1) is 16.7. The highest BCUT2D eigenvalue weighted by Gasteiger charge is 2.14. The lowest BCUT2D eigenvalue weighted by Crippen LogP contribution is -2.00. The summed E-state index contributed by atoms with van der Waals surface area (Å²) in [7, 11) is 0. The predicted molar refractivity (Wildman–Crippen MR) is 100 cm³/mol. The summed E-state index contributed by atoms with van der Waals surface area (Å²) in [4.78, 5) is 8.44. The largest absolute Gasteiger partial charge is 0.302 e. The van der Waals surface area contributed by atoms with Crippen molar-refractivity contribution in [2.45, 2.75) is 24.4 Å². The first-order valence-electron chi connectivity index (χ1n) is 8.26. The summed E-state index contributed by atoms with van der Waals surface area (Å²) in [5, 5.41) is 10.2. The van der Waals surface area contributed by atoms with Crippen molar-refractivity contribution in [1.82, 2.24) is 24.7 Å². The Kier molecular flexibility index (Phi) is 4.62. The first-order chi connectivity index (χ1) is 12.8. The van der Waals surface area contributed by atoms with Gasteiger partial charge < -0.3 is 4.57 Å². The van der Waals surface area contributed by atoms with Crippen LogP contribution >= 0.6 is 11.8 Å². The van der Waals surface area contributed by atoms with Crippen LogP contribution in [0, 0.1) is 5.82 Å². The average Bonchev–Trinajstić information content (AvgIpc) is 3.09. The number of hydrogen-bond donors (Lipinski definition) is 0. The molecule has 0 aliphatic carbocycles. The van der Waals surface area contributed by atoms with Gasteiger partial charge in [-0.15, -0.1) is 10.2 Å². The van der Waals surface area contributed by atoms with Crippen LogP contribution in [0.3, 0.4) is 0 Å². The second-order valence-electron chi connectivity index (χ2n) is 5.72. The monoisotopic (exact) mass is 365 g/mol. The van der Waals surface area contributed by atoms with Crippen LogP contribution < -0.4 is 0 Å². The SMILES string of the molecule is CCn1c(SCc2cc(F)cc3cccnc23)nnc1-c1ccncc1. The molecule has 0 saturated heterocycles. The normalized spacial score (nSPS) is 11.2. The van der Waals surface area contributed by atoms with Gasteiger partial charge in [-0.25, -0.2) is 4.39 Å². The molecule has 0 radical (unpaired) electrons. The zero-order chi connectivity index (χ0) is 17.9. The molecular formula is C19H16FN5S. The molecule has 0 unspecified atom stereocenters. The van der Waals surface area contributed by atoms with Crippen LogP contribution in [-0.4, -0.2) is 24.7 Å². The molecule has 0 aliphatic heterocycles. The van der Waals surface area contributed by atoms with Gasteiger partial charge in [-0.05, 0) is 42.8 Å². The summed E-state index contributed by atoms with van der Waals surface area (Å²) in [6.45, 7) is 2.80. The third-order valence-corrected chi connectivity index (χ3v) is 5.09. The lowest BCUT2D eigenvalue weighted by molar-refractivity contribution is 0.628. The molecule has 130 valence electrons. The molecule has 0 amide bonds. The van der Waals surface area contributed by atoms with Crippen LogP contribution in [-0.2, 0) is 12.3 Å². The quantitative estimate of drug-likeness (QED) is 0.493. The third-order valence-electron chi connectivity index (χ3n) is 4.08. The Hall–Kier alpha value is -2.80. The molecule has 0 bridgehead atoms. The highest BCUT2D eigenvalue weighted by atomic mass is 32.2. The Labute approximate surface area is 154 Å². The van der Waals surface area contributed by atoms with Crippen molar-refractivity contribution in [3.8, 4) is 11.4 Å². The van der Waals surface area contributed by atoms with E-state index in [1.54, 1.807) is 24.7 Å². The Bertz CT molecular complexity index is 1050. The summed E-state index contributed by atoms with van der Waals surface area (Å²) >= 11 is 1.53. The van der Waals surface area contributed by atoms with Gasteiger partial charge in [-0.3, -0.25) is 9.97 Å². The molecule has 1 aromatic carbocycles. The first-order valence-corrected chi connectivity index (χ1v) is 9.24. The maximum Gasteiger partial charge on any atom is 0.191 e. The molecular weight excluding hydrogens is 349 g/mol. The van der Waals surface area contributed by atoms with Crippen molar-refractivity contribution < 1.29 is 4.39 Å². The fourth-order valence-corrected chi connectivity index (χ4v) is 3.85. The molecule has 3 heterocycles. The highest BCUT2D eigenvalue weighted by molar-refractivity contribution is 7.98. The standard InChI is InChI=1S/C19H16FN5S/c1-2-25-18(13-5-8-21-9-6-13)23-24-19(25)26-12-15-11-16(20)10-14-4-3-7-22-17(14)15/h3-11H,2,12H2,1H3. The molecule has 4 aromatic rings. The zero-order valence-electron chi connectivity index (χ0n) is 14.1. The maximum absolute atomic E-state index is 13.9. The summed E-state index contributed by atoms with van der Waals surface area (Å²) in [6, 6.07) is 10.6. The summed E-state index contributed by atoms with van der Waals surface area (Å²) < 4.78 is 16.0. The number of hydrogen-bond acceptors (Lipinski definition) is 5. The number of fused-ring (bicyclic) bond motifs is 1. The number of rotatable bonds is 5. The van der Waals surface area contributed by atoms with E-state index in [1.807, 2.05) is 24.3 Å². The molecule has 4 rings (SSSR count). The molecule has 3 aromatic heterocycles. The minimum absolute atomic E-state index is 0.254. The third kappa shape index (κ3) is 3.17. The smallest absolute Gasteiger partial charge is 0.191 e. The topological polar surface area (TPSA) is 56.5 Å². The van der Waals surface area contributed by atoms with Crippen molar-refractivity contribution in [3.63, 3.8) is 0 Å². The van der Waals surface area contributed by atoms with E-state index in [1.165, 1.54) is 17.8 Å². The fraction of sp³-hybridized carbons (Fsp3) is 0.158. The van der Waals surface area contributed by atoms with Gasteiger partial charge in [0.25, 0.3) is 0 Å². The van der Waals surface area contributed by atoms with E-state index >= 15 is 0 Å². The van der Waals surface area contributed by atoms with Crippen LogP contribution in [0.15, 0.2) is 60.1 Å². The van der Waals surface area contributed by atoms with Gasteiger partial charge in [0, 0.05) is 41.8 Å². The fourth-order valence-electron chi connectivity index (χ4n) is 2.87. The van der Waals surface area contributed by atoms with Crippen LogP contribution in [0.25, 0.3) is 22.3 Å². The minimum atomic E-state index is -0.254. The molecule has 0 aliphatic rings. The van der Waals surface area contributed by atoms with E-state index in [-0.39, 0.29) is 5.82 Å². The van der Waals surface area contributed by atoms with E-state index in [0.717, 1.165) is 39.6 Å². The molecule has 26 heavy (non-hydrogen) atoms. The van der Waals surface area contributed by atoms with E-state index < -0.39 is 0 Å². The van der Waals surface area contributed by atoms with Gasteiger partial charge in [0.05, 0.1) is 5.52 Å². The summed E-state index contributed by atoms with van der Waals surface area (Å²) in [6.07, 6.45) is 5.20. The molecule has 0 saturated carbocycles. The van der Waals surface area contributed by atoms with Crippen LogP contribution in [0.4, 0.5) is 4.39 Å². The van der Waals surface area contributed by atoms with Crippen LogP contribution in [0.2, 0.25) is 0 Å². The van der Waals surface area contributed by atoms with Gasteiger partial charge in [0.1, 0.15) is 5.82 Å². The second kappa shape index (κ2) is 7.21. The van der Waals surface area contributed by atoms with Crippen molar-refractivity contribution in [1.29, 1.82) is 0 Å². The number of thioether (sulfide) groups is 1. The Morgan fingerprint density at radius 1 is 1.08 bits per heavy atom. The van der Waals surface area contributed by atoms with Gasteiger partial charge >= 0.3 is 0 Å². The molecule has 7 heteroatoms. The highest BCUT2D eigenvalue weighted by Crippen LogP contribution is 2.28. The van der Waals surface area contributed by atoms with E-state index in [4.69, 9.17) is 0 Å². The van der Waals surface area contributed by atoms with Crippen LogP contribution in [0.5, 0.6) is 0 Å². The Morgan fingerprint density at radius 3 is 2.73 bits per heavy atom. The lowest BCUT2D eigenvalue weighted by atomic mass is 10.1. The number of nitrogens with zero attached hydrogens (tertiary/aromatic N) is 5. The zero-order valence-corrected chi connectivity index (χ0v) is 14.9. The van der Waals surface area contributed by atoms with Gasteiger partial charge in [-0.1, -0.05) is 17.8 Å². The van der Waals surface area contributed by atoms with Crippen molar-refractivity contribution in [3.05, 3.63) is 66.4 Å². The lowest BCUT2D eigenvalue weighted by Gasteiger charge is -2.08. The van der Waals surface area contributed by atoms with E-state index in [2.05, 4.69) is 31.7 Å². The van der Waals surface area contributed by atoms with Gasteiger partial charge in [0.15, 0.2) is 11.0 Å². The van der Waals surface area contributed by atoms with Gasteiger partial charge in [0.2, 0.25) is 0 Å². The number of halogens is 1. The molecule has 0 N–H and O–H groups in total. The van der Waals surface area contributed by atoms with E-state index in [9.17, 15) is 4.39 Å². The van der Waals surface area contributed by atoms with Gasteiger partial charge in [-0.2, -0.15) is 0 Å². The van der Waals surface area contributed by atoms with Crippen molar-refractivity contribution in [2.24, 2.45) is 0 Å². The summed E-state index contributed by atoms with van der Waals surface area (Å²) in [5.74, 6) is 1.12. The predicted octanol–water partition coefficient (Wildman–Crippen LogP) is 4.34. The number of aromatic nitrogens is 5.